The number of aryl methyl sites for hydroxylation is 3. The molecule has 156 valence electrons. The summed E-state index contributed by atoms with van der Waals surface area (Å²) in [5, 5.41) is 5.53. The highest BCUT2D eigenvalue weighted by atomic mass is 16.5. The van der Waals surface area contributed by atoms with Gasteiger partial charge in [0.15, 0.2) is 6.61 Å². The Labute approximate surface area is 175 Å². The Balaban J connectivity index is 1.44. The molecular formula is C23H26N4O3. The second-order valence-electron chi connectivity index (χ2n) is 6.95. The Morgan fingerprint density at radius 2 is 1.63 bits per heavy atom. The van der Waals surface area contributed by atoms with Crippen LogP contribution in [0.2, 0.25) is 0 Å². The van der Waals surface area contributed by atoms with Crippen LogP contribution >= 0.6 is 0 Å². The van der Waals surface area contributed by atoms with Gasteiger partial charge in [0.05, 0.1) is 22.4 Å². The fraction of sp³-hybridized carbons (Fsp3) is 0.304. The lowest BCUT2D eigenvalue weighted by Gasteiger charge is -2.11. The van der Waals surface area contributed by atoms with E-state index < -0.39 is 0 Å². The largest absolute Gasteiger partial charge is 0.483 e. The molecule has 0 aliphatic heterocycles. The van der Waals surface area contributed by atoms with Gasteiger partial charge in [-0.25, -0.2) is 9.97 Å². The Kier molecular flexibility index (Phi) is 6.95. The van der Waals surface area contributed by atoms with Crippen LogP contribution in [-0.4, -0.2) is 41.5 Å². The van der Waals surface area contributed by atoms with E-state index in [-0.39, 0.29) is 18.4 Å². The van der Waals surface area contributed by atoms with Crippen molar-refractivity contribution in [1.29, 1.82) is 0 Å². The fourth-order valence-electron chi connectivity index (χ4n) is 2.98. The monoisotopic (exact) mass is 406 g/mol. The molecule has 0 saturated carbocycles. The number of amides is 2. The highest BCUT2D eigenvalue weighted by Crippen LogP contribution is 2.18. The quantitative estimate of drug-likeness (QED) is 0.561. The summed E-state index contributed by atoms with van der Waals surface area (Å²) in [5.41, 5.74) is 4.72. The number of aromatic nitrogens is 2. The molecule has 0 radical (unpaired) electrons. The van der Waals surface area contributed by atoms with Gasteiger partial charge in [-0.15, -0.1) is 0 Å². The van der Waals surface area contributed by atoms with Crippen molar-refractivity contribution in [2.75, 3.05) is 19.7 Å². The van der Waals surface area contributed by atoms with Crippen LogP contribution < -0.4 is 15.4 Å². The van der Waals surface area contributed by atoms with Crippen molar-refractivity contribution in [2.45, 2.75) is 27.2 Å². The molecule has 2 amide bonds. The number of carbonyl (C=O) groups is 2. The molecule has 1 heterocycles. The van der Waals surface area contributed by atoms with Crippen LogP contribution in [0.1, 0.15) is 34.2 Å². The van der Waals surface area contributed by atoms with E-state index in [0.29, 0.717) is 29.9 Å². The SMILES string of the molecule is CCc1ccccc1OCC(=O)NCCNC(=O)c1ccc2nc(C)c(C)nc2c1. The van der Waals surface area contributed by atoms with Gasteiger partial charge in [0, 0.05) is 18.7 Å². The molecule has 30 heavy (non-hydrogen) atoms. The molecule has 7 nitrogen and oxygen atoms in total. The number of hydrogen-bond acceptors (Lipinski definition) is 5. The number of fused-ring (bicyclic) bond motifs is 1. The topological polar surface area (TPSA) is 93.2 Å². The van der Waals surface area contributed by atoms with E-state index in [9.17, 15) is 9.59 Å². The number of hydrogen-bond donors (Lipinski definition) is 2. The van der Waals surface area contributed by atoms with Gasteiger partial charge in [0.2, 0.25) is 0 Å². The first kappa shape index (κ1) is 21.2. The molecular weight excluding hydrogens is 380 g/mol. The molecule has 0 aliphatic rings. The molecule has 2 aromatic carbocycles. The van der Waals surface area contributed by atoms with Crippen molar-refractivity contribution in [1.82, 2.24) is 20.6 Å². The van der Waals surface area contributed by atoms with Crippen LogP contribution in [0.3, 0.4) is 0 Å². The first-order valence-corrected chi connectivity index (χ1v) is 9.98. The lowest BCUT2D eigenvalue weighted by molar-refractivity contribution is -0.123. The summed E-state index contributed by atoms with van der Waals surface area (Å²) in [5.74, 6) is 0.259. The minimum Gasteiger partial charge on any atom is -0.483 e. The summed E-state index contributed by atoms with van der Waals surface area (Å²) < 4.78 is 5.58. The Morgan fingerprint density at radius 3 is 2.40 bits per heavy atom. The van der Waals surface area contributed by atoms with Crippen molar-refractivity contribution in [3.63, 3.8) is 0 Å². The Hall–Kier alpha value is -3.48. The molecule has 0 aliphatic carbocycles. The Bertz CT molecular complexity index is 1070. The van der Waals surface area contributed by atoms with Crippen LogP contribution in [0.15, 0.2) is 42.5 Å². The normalized spacial score (nSPS) is 10.6. The van der Waals surface area contributed by atoms with Crippen molar-refractivity contribution >= 4 is 22.8 Å². The molecule has 3 aromatic rings. The zero-order valence-corrected chi connectivity index (χ0v) is 17.5. The van der Waals surface area contributed by atoms with E-state index in [0.717, 1.165) is 28.9 Å². The second kappa shape index (κ2) is 9.82. The zero-order chi connectivity index (χ0) is 21.5. The minimum absolute atomic E-state index is 0.0624. The number of nitrogens with one attached hydrogen (secondary N) is 2. The summed E-state index contributed by atoms with van der Waals surface area (Å²) in [6.45, 7) is 6.40. The van der Waals surface area contributed by atoms with E-state index in [1.165, 1.54) is 0 Å². The lowest BCUT2D eigenvalue weighted by Crippen LogP contribution is -2.36. The maximum Gasteiger partial charge on any atom is 0.258 e. The number of para-hydroxylation sites is 1. The van der Waals surface area contributed by atoms with Gasteiger partial charge in [-0.05, 0) is 50.1 Å². The van der Waals surface area contributed by atoms with E-state index in [1.807, 2.05) is 45.0 Å². The van der Waals surface area contributed by atoms with Gasteiger partial charge in [0.25, 0.3) is 11.8 Å². The maximum absolute atomic E-state index is 12.4. The predicted molar refractivity (Wildman–Crippen MR) is 116 cm³/mol. The van der Waals surface area contributed by atoms with Gasteiger partial charge in [-0.1, -0.05) is 25.1 Å². The molecule has 0 spiro atoms. The first-order valence-electron chi connectivity index (χ1n) is 9.98. The number of ether oxygens (including phenoxy) is 1. The number of carbonyl (C=O) groups excluding carboxylic acids is 2. The van der Waals surface area contributed by atoms with E-state index in [4.69, 9.17) is 4.74 Å². The van der Waals surface area contributed by atoms with Gasteiger partial charge >= 0.3 is 0 Å². The summed E-state index contributed by atoms with van der Waals surface area (Å²) in [6, 6.07) is 12.9. The van der Waals surface area contributed by atoms with Gasteiger partial charge in [-0.2, -0.15) is 0 Å². The van der Waals surface area contributed by atoms with Crippen molar-refractivity contribution in [3.05, 3.63) is 65.0 Å². The molecule has 0 unspecified atom stereocenters. The average Bonchev–Trinajstić information content (AvgIpc) is 2.75. The molecule has 7 heteroatoms. The molecule has 2 N–H and O–H groups in total. The van der Waals surface area contributed by atoms with Crippen LogP contribution in [0.25, 0.3) is 11.0 Å². The zero-order valence-electron chi connectivity index (χ0n) is 17.5. The summed E-state index contributed by atoms with van der Waals surface area (Å²) in [6.07, 6.45) is 0.837. The van der Waals surface area contributed by atoms with E-state index in [2.05, 4.69) is 20.6 Å². The van der Waals surface area contributed by atoms with Crippen molar-refractivity contribution < 1.29 is 14.3 Å². The molecule has 0 saturated heterocycles. The third kappa shape index (κ3) is 5.31. The smallest absolute Gasteiger partial charge is 0.258 e. The average molecular weight is 406 g/mol. The van der Waals surface area contributed by atoms with Crippen LogP contribution in [0.5, 0.6) is 5.75 Å². The van der Waals surface area contributed by atoms with Gasteiger partial charge in [-0.3, -0.25) is 9.59 Å². The summed E-state index contributed by atoms with van der Waals surface area (Å²) in [7, 11) is 0. The fourth-order valence-corrected chi connectivity index (χ4v) is 2.98. The number of nitrogens with zero attached hydrogens (tertiary/aromatic N) is 2. The van der Waals surface area contributed by atoms with E-state index >= 15 is 0 Å². The minimum atomic E-state index is -0.234. The molecule has 0 atom stereocenters. The van der Waals surface area contributed by atoms with Crippen molar-refractivity contribution in [3.8, 4) is 5.75 Å². The van der Waals surface area contributed by atoms with Crippen LogP contribution in [-0.2, 0) is 11.2 Å². The summed E-state index contributed by atoms with van der Waals surface area (Å²) in [4.78, 5) is 33.3. The number of rotatable bonds is 8. The van der Waals surface area contributed by atoms with Crippen LogP contribution in [0.4, 0.5) is 0 Å². The van der Waals surface area contributed by atoms with Gasteiger partial charge in [0.1, 0.15) is 5.75 Å². The third-order valence-corrected chi connectivity index (χ3v) is 4.78. The maximum atomic E-state index is 12.4. The highest BCUT2D eigenvalue weighted by molar-refractivity contribution is 5.97. The van der Waals surface area contributed by atoms with Crippen LogP contribution in [0, 0.1) is 13.8 Å². The summed E-state index contributed by atoms with van der Waals surface area (Å²) >= 11 is 0. The third-order valence-electron chi connectivity index (χ3n) is 4.78. The second-order valence-corrected chi connectivity index (χ2v) is 6.95. The molecule has 0 bridgehead atoms. The number of benzene rings is 2. The highest BCUT2D eigenvalue weighted by Gasteiger charge is 2.09. The molecule has 0 fully saturated rings. The Morgan fingerprint density at radius 1 is 0.933 bits per heavy atom. The predicted octanol–water partition coefficient (Wildman–Crippen LogP) is 2.73. The standard InChI is InChI=1S/C23H26N4O3/c1-4-17-7-5-6-8-21(17)30-14-22(28)24-11-12-25-23(29)18-9-10-19-20(13-18)27-16(3)15(2)26-19/h5-10,13H,4,11-12,14H2,1-3H3,(H,24,28)(H,25,29). The van der Waals surface area contributed by atoms with E-state index in [1.54, 1.807) is 18.2 Å². The van der Waals surface area contributed by atoms with Gasteiger partial charge < -0.3 is 15.4 Å². The molecule has 3 rings (SSSR count). The van der Waals surface area contributed by atoms with Crippen molar-refractivity contribution in [2.24, 2.45) is 0 Å². The first-order chi connectivity index (χ1) is 14.5. The molecule has 1 aromatic heterocycles. The lowest BCUT2D eigenvalue weighted by atomic mass is 10.1.